The van der Waals surface area contributed by atoms with Gasteiger partial charge in [0.15, 0.2) is 0 Å². The van der Waals surface area contributed by atoms with Gasteiger partial charge in [-0.25, -0.2) is 9.97 Å². The predicted molar refractivity (Wildman–Crippen MR) is 70.3 cm³/mol. The van der Waals surface area contributed by atoms with Crippen LogP contribution in [-0.2, 0) is 0 Å². The van der Waals surface area contributed by atoms with E-state index in [0.717, 1.165) is 23.9 Å². The van der Waals surface area contributed by atoms with E-state index < -0.39 is 0 Å². The molecule has 1 fully saturated rings. The lowest BCUT2D eigenvalue weighted by Gasteiger charge is -2.47. The van der Waals surface area contributed by atoms with Gasteiger partial charge in [-0.3, -0.25) is 0 Å². The van der Waals surface area contributed by atoms with Crippen LogP contribution in [0.25, 0.3) is 0 Å². The molecule has 1 aromatic rings. The number of likely N-dealkylation sites (N-methyl/N-ethyl adjacent to an activating group) is 1. The Bertz CT molecular complexity index is 376. The lowest BCUT2D eigenvalue weighted by Crippen LogP contribution is -2.54. The summed E-state index contributed by atoms with van der Waals surface area (Å²) in [4.78, 5) is 11.2. The molecule has 2 rings (SSSR count). The summed E-state index contributed by atoms with van der Waals surface area (Å²) in [6.45, 7) is 4.94. The molecule has 0 radical (unpaired) electrons. The van der Waals surface area contributed by atoms with Crippen molar-refractivity contribution >= 4 is 5.95 Å². The van der Waals surface area contributed by atoms with Crippen LogP contribution in [0.3, 0.4) is 0 Å². The third-order valence-electron chi connectivity index (χ3n) is 3.79. The van der Waals surface area contributed by atoms with E-state index >= 15 is 0 Å². The normalized spacial score (nSPS) is 17.9. The molecule has 0 saturated heterocycles. The number of nitrogens with zero attached hydrogens (tertiary/aromatic N) is 3. The van der Waals surface area contributed by atoms with Gasteiger partial charge in [0, 0.05) is 23.5 Å². The Morgan fingerprint density at radius 3 is 2.24 bits per heavy atom. The van der Waals surface area contributed by atoms with E-state index in [1.54, 1.807) is 0 Å². The summed E-state index contributed by atoms with van der Waals surface area (Å²) < 4.78 is 0. The van der Waals surface area contributed by atoms with Crippen molar-refractivity contribution in [2.75, 3.05) is 26.0 Å². The largest absolute Gasteiger partial charge is 0.352 e. The van der Waals surface area contributed by atoms with E-state index in [4.69, 9.17) is 0 Å². The molecule has 0 aromatic carbocycles. The number of hydrogen-bond acceptors (Lipinski definition) is 4. The van der Waals surface area contributed by atoms with Gasteiger partial charge in [-0.1, -0.05) is 0 Å². The van der Waals surface area contributed by atoms with Crippen molar-refractivity contribution in [1.82, 2.24) is 14.9 Å². The first-order valence-corrected chi connectivity index (χ1v) is 6.25. The molecule has 4 nitrogen and oxygen atoms in total. The topological polar surface area (TPSA) is 41.1 Å². The first-order chi connectivity index (χ1) is 8.02. The van der Waals surface area contributed by atoms with Crippen LogP contribution in [-0.4, -0.2) is 41.0 Å². The minimum absolute atomic E-state index is 0.307. The molecule has 4 heteroatoms. The standard InChI is InChI=1S/C13H22N4/c1-10-8-11(2)16-12(15-10)14-9-13(17(3)4)6-5-7-13/h8H,5-7,9H2,1-4H3,(H,14,15,16). The van der Waals surface area contributed by atoms with Gasteiger partial charge in [0.05, 0.1) is 0 Å². The fourth-order valence-corrected chi connectivity index (χ4v) is 2.42. The van der Waals surface area contributed by atoms with Crippen molar-refractivity contribution in [3.05, 3.63) is 17.5 Å². The zero-order valence-corrected chi connectivity index (χ0v) is 11.2. The number of hydrogen-bond donors (Lipinski definition) is 1. The van der Waals surface area contributed by atoms with E-state index in [-0.39, 0.29) is 0 Å². The summed E-state index contributed by atoms with van der Waals surface area (Å²) in [5.74, 6) is 0.760. The maximum Gasteiger partial charge on any atom is 0.223 e. The van der Waals surface area contributed by atoms with E-state index in [9.17, 15) is 0 Å². The van der Waals surface area contributed by atoms with Crippen LogP contribution in [0.5, 0.6) is 0 Å². The molecule has 1 N–H and O–H groups in total. The zero-order valence-electron chi connectivity index (χ0n) is 11.2. The minimum Gasteiger partial charge on any atom is -0.352 e. The average Bonchev–Trinajstić information content (AvgIpc) is 2.13. The molecule has 94 valence electrons. The quantitative estimate of drug-likeness (QED) is 0.865. The number of anilines is 1. The highest BCUT2D eigenvalue weighted by molar-refractivity contribution is 5.29. The van der Waals surface area contributed by atoms with Crippen molar-refractivity contribution in [3.63, 3.8) is 0 Å². The lowest BCUT2D eigenvalue weighted by molar-refractivity contribution is 0.0737. The van der Waals surface area contributed by atoms with Crippen molar-refractivity contribution in [2.24, 2.45) is 0 Å². The number of aromatic nitrogens is 2. The van der Waals surface area contributed by atoms with Crippen LogP contribution in [0.4, 0.5) is 5.95 Å². The third kappa shape index (κ3) is 2.57. The SMILES string of the molecule is Cc1cc(C)nc(NCC2(N(C)C)CCC2)n1. The molecule has 0 unspecified atom stereocenters. The van der Waals surface area contributed by atoms with Crippen LogP contribution in [0.2, 0.25) is 0 Å². The first-order valence-electron chi connectivity index (χ1n) is 6.25. The van der Waals surface area contributed by atoms with Crippen molar-refractivity contribution in [1.29, 1.82) is 0 Å². The van der Waals surface area contributed by atoms with Gasteiger partial charge in [0.1, 0.15) is 0 Å². The monoisotopic (exact) mass is 234 g/mol. The molecule has 0 amide bonds. The van der Waals surface area contributed by atoms with Crippen molar-refractivity contribution in [3.8, 4) is 0 Å². The highest BCUT2D eigenvalue weighted by Crippen LogP contribution is 2.35. The van der Waals surface area contributed by atoms with Crippen LogP contribution < -0.4 is 5.32 Å². The molecule has 1 saturated carbocycles. The highest BCUT2D eigenvalue weighted by Gasteiger charge is 2.38. The highest BCUT2D eigenvalue weighted by atomic mass is 15.2. The van der Waals surface area contributed by atoms with Gasteiger partial charge >= 0.3 is 0 Å². The molecule has 1 aliphatic rings. The Hall–Kier alpha value is -1.16. The van der Waals surface area contributed by atoms with Gasteiger partial charge in [0.2, 0.25) is 5.95 Å². The van der Waals surface area contributed by atoms with Crippen molar-refractivity contribution in [2.45, 2.75) is 38.6 Å². The van der Waals surface area contributed by atoms with E-state index in [1.165, 1.54) is 19.3 Å². The van der Waals surface area contributed by atoms with Crippen molar-refractivity contribution < 1.29 is 0 Å². The summed E-state index contributed by atoms with van der Waals surface area (Å²) in [6.07, 6.45) is 3.85. The van der Waals surface area contributed by atoms with Gasteiger partial charge in [-0.15, -0.1) is 0 Å². The first kappa shape index (κ1) is 12.3. The second-order valence-corrected chi connectivity index (χ2v) is 5.30. The summed E-state index contributed by atoms with van der Waals surface area (Å²) in [5.41, 5.74) is 2.35. The molecule has 0 atom stereocenters. The Balaban J connectivity index is 2.02. The summed E-state index contributed by atoms with van der Waals surface area (Å²) in [5, 5.41) is 3.39. The maximum absolute atomic E-state index is 4.41. The Morgan fingerprint density at radius 2 is 1.82 bits per heavy atom. The molecular formula is C13H22N4. The minimum atomic E-state index is 0.307. The maximum atomic E-state index is 4.41. The number of nitrogens with one attached hydrogen (secondary N) is 1. The fourth-order valence-electron chi connectivity index (χ4n) is 2.42. The molecular weight excluding hydrogens is 212 g/mol. The summed E-state index contributed by atoms with van der Waals surface area (Å²) in [7, 11) is 4.31. The Labute approximate surface area is 103 Å². The van der Waals surface area contributed by atoms with Crippen LogP contribution in [0.15, 0.2) is 6.07 Å². The number of aryl methyl sites for hydroxylation is 2. The molecule has 1 aliphatic carbocycles. The lowest BCUT2D eigenvalue weighted by atomic mass is 9.75. The van der Waals surface area contributed by atoms with Gasteiger partial charge in [0.25, 0.3) is 0 Å². The van der Waals surface area contributed by atoms with Gasteiger partial charge in [-0.2, -0.15) is 0 Å². The smallest absolute Gasteiger partial charge is 0.223 e. The Kier molecular flexibility index (Phi) is 3.33. The molecule has 0 spiro atoms. The zero-order chi connectivity index (χ0) is 12.5. The average molecular weight is 234 g/mol. The predicted octanol–water partition coefficient (Wildman–Crippen LogP) is 1.99. The fraction of sp³-hybridized carbons (Fsp3) is 0.692. The molecule has 0 bridgehead atoms. The second-order valence-electron chi connectivity index (χ2n) is 5.30. The van der Waals surface area contributed by atoms with E-state index in [2.05, 4.69) is 34.3 Å². The van der Waals surface area contributed by atoms with Crippen LogP contribution >= 0.6 is 0 Å². The number of rotatable bonds is 4. The van der Waals surface area contributed by atoms with Gasteiger partial charge in [-0.05, 0) is 53.3 Å². The van der Waals surface area contributed by atoms with E-state index in [0.29, 0.717) is 5.54 Å². The summed E-state index contributed by atoms with van der Waals surface area (Å²) >= 11 is 0. The molecule has 1 heterocycles. The molecule has 17 heavy (non-hydrogen) atoms. The van der Waals surface area contributed by atoms with E-state index in [1.807, 2.05) is 19.9 Å². The van der Waals surface area contributed by atoms with Crippen LogP contribution in [0.1, 0.15) is 30.7 Å². The molecule has 0 aliphatic heterocycles. The Morgan fingerprint density at radius 1 is 1.24 bits per heavy atom. The van der Waals surface area contributed by atoms with Gasteiger partial charge < -0.3 is 10.2 Å². The molecule has 1 aromatic heterocycles. The summed E-state index contributed by atoms with van der Waals surface area (Å²) in [6, 6.07) is 2.00. The third-order valence-corrected chi connectivity index (χ3v) is 3.79. The second kappa shape index (κ2) is 4.61. The van der Waals surface area contributed by atoms with Crippen LogP contribution in [0, 0.1) is 13.8 Å².